The smallest absolute Gasteiger partial charge is 0.312 e. The first-order valence-electron chi connectivity index (χ1n) is 16.9. The monoisotopic (exact) mass is 565 g/mol. The summed E-state index contributed by atoms with van der Waals surface area (Å²) >= 11 is 0. The minimum atomic E-state index is -0.226. The van der Waals surface area contributed by atoms with Gasteiger partial charge in [-0.05, 0) is 134 Å². The topological polar surface area (TPSA) is 46.6 Å². The molecule has 0 aliphatic heterocycles. The summed E-state index contributed by atoms with van der Waals surface area (Å²) < 4.78 is 5.55. The second-order valence-electron chi connectivity index (χ2n) is 15.7. The molecule has 6 fully saturated rings. The molecule has 0 heterocycles. The lowest BCUT2D eigenvalue weighted by Gasteiger charge is -2.55. The second-order valence-corrected chi connectivity index (χ2v) is 15.7. The van der Waals surface area contributed by atoms with Gasteiger partial charge in [-0.2, -0.15) is 0 Å². The summed E-state index contributed by atoms with van der Waals surface area (Å²) in [5.41, 5.74) is 3.85. The van der Waals surface area contributed by atoms with Crippen molar-refractivity contribution in [2.75, 3.05) is 19.1 Å². The van der Waals surface area contributed by atoms with Crippen molar-refractivity contribution < 1.29 is 14.3 Å². The number of carbonyl (C=O) groups is 2. The Hall–Kier alpha value is -2.62. The summed E-state index contributed by atoms with van der Waals surface area (Å²) in [6.07, 6.45) is 15.8. The van der Waals surface area contributed by atoms with E-state index in [1.165, 1.54) is 68.9 Å². The van der Waals surface area contributed by atoms with E-state index >= 15 is 0 Å². The highest BCUT2D eigenvalue weighted by Crippen LogP contribution is 2.78. The minimum absolute atomic E-state index is 0.101. The molecule has 9 atom stereocenters. The number of hydrogen-bond acceptors (Lipinski definition) is 3. The Morgan fingerprint density at radius 1 is 0.786 bits per heavy atom. The van der Waals surface area contributed by atoms with Crippen LogP contribution in [-0.4, -0.2) is 26.0 Å². The predicted octanol–water partition coefficient (Wildman–Crippen LogP) is 8.30. The van der Waals surface area contributed by atoms with E-state index in [1.54, 1.807) is 7.11 Å². The highest BCUT2D eigenvalue weighted by Gasteiger charge is 2.71. The Morgan fingerprint density at radius 2 is 1.50 bits per heavy atom. The molecule has 42 heavy (non-hydrogen) atoms. The molecule has 222 valence electrons. The van der Waals surface area contributed by atoms with Crippen LogP contribution in [0.1, 0.15) is 83.5 Å². The quantitative estimate of drug-likeness (QED) is 0.343. The number of fused-ring (bicyclic) bond motifs is 5. The lowest BCUT2D eigenvalue weighted by Crippen LogP contribution is -2.46. The molecule has 6 saturated carbocycles. The van der Waals surface area contributed by atoms with E-state index in [9.17, 15) is 9.59 Å². The lowest BCUT2D eigenvalue weighted by atomic mass is 9.50. The first-order chi connectivity index (χ1) is 20.3. The maximum absolute atomic E-state index is 14.0. The summed E-state index contributed by atoms with van der Waals surface area (Å²) in [5.74, 6) is 3.92. The van der Waals surface area contributed by atoms with Gasteiger partial charge < -0.3 is 9.64 Å². The molecular formula is C38H47NO3. The van der Waals surface area contributed by atoms with E-state index in [4.69, 9.17) is 4.74 Å². The Balaban J connectivity index is 1.02. The number of rotatable bonds is 5. The Labute approximate surface area is 251 Å². The van der Waals surface area contributed by atoms with Crippen LogP contribution in [0.25, 0.3) is 11.1 Å². The average molecular weight is 566 g/mol. The first kappa shape index (κ1) is 27.0. The maximum Gasteiger partial charge on any atom is 0.312 e. The van der Waals surface area contributed by atoms with Crippen molar-refractivity contribution in [1.82, 2.24) is 0 Å². The molecule has 6 aliphatic rings. The predicted molar refractivity (Wildman–Crippen MR) is 166 cm³/mol. The second kappa shape index (κ2) is 9.69. The number of carbonyl (C=O) groups excluding carboxylic acids is 2. The fraction of sp³-hybridized carbons (Fsp3) is 0.632. The molecule has 9 unspecified atom stereocenters. The summed E-state index contributed by atoms with van der Waals surface area (Å²) in [4.78, 5) is 29.4. The van der Waals surface area contributed by atoms with Crippen LogP contribution in [0.3, 0.4) is 0 Å². The summed E-state index contributed by atoms with van der Waals surface area (Å²) in [6.45, 7) is 0. The van der Waals surface area contributed by atoms with Gasteiger partial charge in [-0.1, -0.05) is 55.3 Å². The standard InChI is InChI=1S/C38H47NO3/c1-39(33-12-10-28(11-13-33)27-8-4-3-5-9-27)34(40)29-15-26-16-30-21-36(20-26,22-31(30)18-29)37-19-25-7-6-14-38(24-37,35(41)42-2)32(17-25)23-37/h3-5,8-13,25-26,29-32H,6-7,14-24H2,1-2H3. The number of amides is 1. The SMILES string of the molecule is COC(=O)C12CCCC3CC1CC(C14CC5CC(C(=O)N(C)c6ccc(-c7ccccc7)cc6)CC(C1)C(C5)C4)(C3)C2. The van der Waals surface area contributed by atoms with E-state index in [0.29, 0.717) is 34.5 Å². The average Bonchev–Trinajstić information content (AvgIpc) is 3.30. The maximum atomic E-state index is 14.0. The zero-order chi connectivity index (χ0) is 28.7. The van der Waals surface area contributed by atoms with Crippen molar-refractivity contribution in [2.24, 2.45) is 51.8 Å². The molecule has 0 radical (unpaired) electrons. The van der Waals surface area contributed by atoms with Crippen molar-refractivity contribution in [3.8, 4) is 11.1 Å². The van der Waals surface area contributed by atoms with E-state index in [2.05, 4.69) is 48.5 Å². The zero-order valence-electron chi connectivity index (χ0n) is 25.5. The molecule has 6 bridgehead atoms. The summed E-state index contributed by atoms with van der Waals surface area (Å²) in [6, 6.07) is 18.9. The molecule has 0 N–H and O–H groups in total. The van der Waals surface area contributed by atoms with Crippen LogP contribution in [0.4, 0.5) is 5.69 Å². The molecule has 0 aromatic heterocycles. The van der Waals surface area contributed by atoms with Crippen LogP contribution in [0.2, 0.25) is 0 Å². The highest BCUT2D eigenvalue weighted by molar-refractivity contribution is 5.94. The van der Waals surface area contributed by atoms with Crippen molar-refractivity contribution in [3.63, 3.8) is 0 Å². The van der Waals surface area contributed by atoms with Gasteiger partial charge in [-0.3, -0.25) is 9.59 Å². The normalized spacial score (nSPS) is 41.3. The van der Waals surface area contributed by atoms with Gasteiger partial charge in [0.05, 0.1) is 12.5 Å². The molecule has 2 aromatic rings. The van der Waals surface area contributed by atoms with Gasteiger partial charge in [0.1, 0.15) is 0 Å². The van der Waals surface area contributed by atoms with E-state index in [-0.39, 0.29) is 17.3 Å². The van der Waals surface area contributed by atoms with Crippen LogP contribution in [-0.2, 0) is 14.3 Å². The van der Waals surface area contributed by atoms with E-state index < -0.39 is 0 Å². The molecule has 0 saturated heterocycles. The Kier molecular flexibility index (Phi) is 6.22. The highest BCUT2D eigenvalue weighted by atomic mass is 16.5. The molecule has 0 spiro atoms. The van der Waals surface area contributed by atoms with Gasteiger partial charge >= 0.3 is 5.97 Å². The number of hydrogen-bond donors (Lipinski definition) is 0. The number of esters is 1. The third-order valence-electron chi connectivity index (χ3n) is 13.9. The minimum Gasteiger partial charge on any atom is -0.469 e. The van der Waals surface area contributed by atoms with Gasteiger partial charge in [0.15, 0.2) is 0 Å². The van der Waals surface area contributed by atoms with Crippen molar-refractivity contribution >= 4 is 17.6 Å². The summed E-state index contributed by atoms with van der Waals surface area (Å²) in [5, 5.41) is 0. The first-order valence-corrected chi connectivity index (χ1v) is 16.9. The third kappa shape index (κ3) is 3.92. The molecule has 4 nitrogen and oxygen atoms in total. The van der Waals surface area contributed by atoms with Crippen LogP contribution in [0.15, 0.2) is 54.6 Å². The van der Waals surface area contributed by atoms with Crippen LogP contribution >= 0.6 is 0 Å². The molecular weight excluding hydrogens is 518 g/mol. The number of anilines is 1. The molecule has 8 rings (SSSR count). The molecule has 1 amide bonds. The van der Waals surface area contributed by atoms with E-state index in [1.807, 2.05) is 18.0 Å². The summed E-state index contributed by atoms with van der Waals surface area (Å²) in [7, 11) is 3.60. The number of ether oxygens (including phenoxy) is 1. The lowest BCUT2D eigenvalue weighted by molar-refractivity contribution is -0.156. The Morgan fingerprint density at radius 3 is 2.26 bits per heavy atom. The van der Waals surface area contributed by atoms with Crippen molar-refractivity contribution in [3.05, 3.63) is 54.6 Å². The van der Waals surface area contributed by atoms with Gasteiger partial charge in [0, 0.05) is 18.7 Å². The fourth-order valence-electron chi connectivity index (χ4n) is 12.4. The zero-order valence-corrected chi connectivity index (χ0v) is 25.5. The fourth-order valence-corrected chi connectivity index (χ4v) is 12.4. The molecule has 4 heteroatoms. The Bertz CT molecular complexity index is 1370. The van der Waals surface area contributed by atoms with Crippen molar-refractivity contribution in [2.45, 2.75) is 83.5 Å². The largest absolute Gasteiger partial charge is 0.469 e. The van der Waals surface area contributed by atoms with Crippen molar-refractivity contribution in [1.29, 1.82) is 0 Å². The van der Waals surface area contributed by atoms with E-state index in [0.717, 1.165) is 43.2 Å². The number of benzene rings is 2. The third-order valence-corrected chi connectivity index (χ3v) is 13.9. The van der Waals surface area contributed by atoms with Gasteiger partial charge in [0.2, 0.25) is 5.91 Å². The van der Waals surface area contributed by atoms with Gasteiger partial charge in [0.25, 0.3) is 0 Å². The van der Waals surface area contributed by atoms with Crippen LogP contribution < -0.4 is 4.90 Å². The number of nitrogens with zero attached hydrogens (tertiary/aromatic N) is 1. The van der Waals surface area contributed by atoms with Crippen LogP contribution in [0, 0.1) is 51.8 Å². The van der Waals surface area contributed by atoms with Gasteiger partial charge in [-0.25, -0.2) is 0 Å². The van der Waals surface area contributed by atoms with Crippen LogP contribution in [0.5, 0.6) is 0 Å². The molecule has 6 aliphatic carbocycles. The number of methoxy groups -OCH3 is 1. The molecule has 2 aromatic carbocycles. The van der Waals surface area contributed by atoms with Gasteiger partial charge in [-0.15, -0.1) is 0 Å².